The van der Waals surface area contributed by atoms with Gasteiger partial charge in [-0.05, 0) is 57.7 Å². The van der Waals surface area contributed by atoms with Gasteiger partial charge in [-0.1, -0.05) is 0 Å². The lowest BCUT2D eigenvalue weighted by Gasteiger charge is -2.35. The van der Waals surface area contributed by atoms with E-state index < -0.39 is 0 Å². The van der Waals surface area contributed by atoms with E-state index in [1.807, 2.05) is 25.8 Å². The molecule has 1 aromatic carbocycles. The predicted octanol–water partition coefficient (Wildman–Crippen LogP) is 1.95. The molecule has 7 nitrogen and oxygen atoms in total. The van der Waals surface area contributed by atoms with Crippen LogP contribution in [0.4, 0.5) is 0 Å². The van der Waals surface area contributed by atoms with E-state index in [-0.39, 0.29) is 30.5 Å². The zero-order valence-corrected chi connectivity index (χ0v) is 17.2. The van der Waals surface area contributed by atoms with Crippen LogP contribution >= 0.6 is 0 Å². The summed E-state index contributed by atoms with van der Waals surface area (Å²) in [5.74, 6) is 0.675. The van der Waals surface area contributed by atoms with Crippen molar-refractivity contribution in [1.29, 1.82) is 0 Å². The molecule has 7 heteroatoms. The molecular formula is C21H31N3O4. The van der Waals surface area contributed by atoms with Crippen LogP contribution in [0.15, 0.2) is 18.2 Å². The van der Waals surface area contributed by atoms with E-state index in [1.54, 1.807) is 18.2 Å². The fraction of sp³-hybridized carbons (Fsp3) is 0.619. The van der Waals surface area contributed by atoms with E-state index in [2.05, 4.69) is 10.6 Å². The summed E-state index contributed by atoms with van der Waals surface area (Å²) in [7, 11) is 3.41. The third-order valence-electron chi connectivity index (χ3n) is 5.54. The van der Waals surface area contributed by atoms with Crippen molar-refractivity contribution < 1.29 is 19.1 Å². The minimum Gasteiger partial charge on any atom is -0.493 e. The van der Waals surface area contributed by atoms with Crippen molar-refractivity contribution in [2.45, 2.75) is 63.7 Å². The number of fused-ring (bicyclic) bond motifs is 2. The second kappa shape index (κ2) is 8.82. The second-order valence-corrected chi connectivity index (χ2v) is 8.06. The first-order chi connectivity index (χ1) is 13.4. The molecule has 0 saturated carbocycles. The molecule has 0 spiro atoms. The Morgan fingerprint density at radius 2 is 1.89 bits per heavy atom. The number of hydrogen-bond acceptors (Lipinski definition) is 5. The molecule has 0 radical (unpaired) electrons. The molecule has 3 rings (SSSR count). The molecule has 2 aliphatic rings. The van der Waals surface area contributed by atoms with Crippen LogP contribution in [0, 0.1) is 0 Å². The van der Waals surface area contributed by atoms with Gasteiger partial charge in [-0.25, -0.2) is 0 Å². The molecule has 2 atom stereocenters. The molecule has 0 aliphatic carbocycles. The zero-order valence-electron chi connectivity index (χ0n) is 17.2. The highest BCUT2D eigenvalue weighted by molar-refractivity contribution is 5.95. The highest BCUT2D eigenvalue weighted by atomic mass is 16.5. The van der Waals surface area contributed by atoms with Crippen LogP contribution in [-0.2, 0) is 4.79 Å². The van der Waals surface area contributed by atoms with Crippen LogP contribution in [0.25, 0.3) is 0 Å². The molecule has 1 aromatic rings. The number of rotatable bonds is 7. The average Bonchev–Trinajstić information content (AvgIpc) is 3.02. The fourth-order valence-electron chi connectivity index (χ4n) is 4.14. The van der Waals surface area contributed by atoms with Crippen LogP contribution in [0.5, 0.6) is 11.5 Å². The first-order valence-electron chi connectivity index (χ1n) is 10.0. The summed E-state index contributed by atoms with van der Waals surface area (Å²) in [4.78, 5) is 26.6. The minimum absolute atomic E-state index is 0.0197. The van der Waals surface area contributed by atoms with Crippen LogP contribution in [0.2, 0.25) is 0 Å². The topological polar surface area (TPSA) is 79.9 Å². The van der Waals surface area contributed by atoms with Gasteiger partial charge in [0.25, 0.3) is 11.8 Å². The Kier molecular flexibility index (Phi) is 6.44. The van der Waals surface area contributed by atoms with Crippen molar-refractivity contribution >= 4 is 11.8 Å². The Balaban J connectivity index is 1.65. The Labute approximate surface area is 166 Å². The van der Waals surface area contributed by atoms with Gasteiger partial charge in [0.1, 0.15) is 0 Å². The number of carbonyl (C=O) groups is 2. The van der Waals surface area contributed by atoms with Gasteiger partial charge in [0.05, 0.1) is 7.11 Å². The van der Waals surface area contributed by atoms with Gasteiger partial charge in [0.15, 0.2) is 18.1 Å². The standard InChI is InChI=1S/C21H31N3O4/c1-13(2)22-20(25)12-28-18-8-5-14(9-19(18)27-4)21(26)24(3)17-10-15-6-7-16(11-17)23-15/h5,8-9,13,15-17,23H,6-7,10-12H2,1-4H3,(H,22,25). The second-order valence-electron chi connectivity index (χ2n) is 8.06. The summed E-state index contributed by atoms with van der Waals surface area (Å²) in [6.07, 6.45) is 4.41. The minimum atomic E-state index is -0.197. The molecule has 2 N–H and O–H groups in total. The van der Waals surface area contributed by atoms with Gasteiger partial charge < -0.3 is 25.0 Å². The molecule has 0 aromatic heterocycles. The maximum Gasteiger partial charge on any atom is 0.258 e. The zero-order chi connectivity index (χ0) is 20.3. The van der Waals surface area contributed by atoms with Crippen LogP contribution < -0.4 is 20.1 Å². The summed E-state index contributed by atoms with van der Waals surface area (Å²) in [6.45, 7) is 3.69. The summed E-state index contributed by atoms with van der Waals surface area (Å²) < 4.78 is 10.9. The lowest BCUT2D eigenvalue weighted by atomic mass is 9.98. The van der Waals surface area contributed by atoms with Crippen molar-refractivity contribution in [3.8, 4) is 11.5 Å². The van der Waals surface area contributed by atoms with E-state index in [0.717, 1.165) is 12.8 Å². The number of methoxy groups -OCH3 is 1. The maximum atomic E-state index is 13.0. The molecule has 2 heterocycles. The third-order valence-corrected chi connectivity index (χ3v) is 5.54. The number of ether oxygens (including phenoxy) is 2. The molecule has 28 heavy (non-hydrogen) atoms. The van der Waals surface area contributed by atoms with Crippen molar-refractivity contribution in [3.05, 3.63) is 23.8 Å². The molecule has 154 valence electrons. The van der Waals surface area contributed by atoms with Gasteiger partial charge >= 0.3 is 0 Å². The monoisotopic (exact) mass is 389 g/mol. The summed E-state index contributed by atoms with van der Waals surface area (Å²) in [6, 6.07) is 6.47. The SMILES string of the molecule is COc1cc(C(=O)N(C)C2CC3CCC(C2)N3)ccc1OCC(=O)NC(C)C. The largest absolute Gasteiger partial charge is 0.493 e. The first-order valence-corrected chi connectivity index (χ1v) is 10.0. The number of amides is 2. The van der Waals surface area contributed by atoms with Gasteiger partial charge in [0.2, 0.25) is 0 Å². The number of benzene rings is 1. The van der Waals surface area contributed by atoms with E-state index in [1.165, 1.54) is 20.0 Å². The highest BCUT2D eigenvalue weighted by Gasteiger charge is 2.36. The molecule has 2 aliphatic heterocycles. The highest BCUT2D eigenvalue weighted by Crippen LogP contribution is 2.32. The molecule has 2 fully saturated rings. The van der Waals surface area contributed by atoms with Gasteiger partial charge in [-0.3, -0.25) is 9.59 Å². The van der Waals surface area contributed by atoms with Crippen molar-refractivity contribution in [2.24, 2.45) is 0 Å². The van der Waals surface area contributed by atoms with Crippen molar-refractivity contribution in [2.75, 3.05) is 20.8 Å². The first kappa shape index (κ1) is 20.5. The lowest BCUT2D eigenvalue weighted by Crippen LogP contribution is -2.48. The van der Waals surface area contributed by atoms with E-state index in [9.17, 15) is 9.59 Å². The summed E-state index contributed by atoms with van der Waals surface area (Å²) in [5, 5.41) is 6.38. The number of hydrogen-bond donors (Lipinski definition) is 2. The van der Waals surface area contributed by atoms with Crippen LogP contribution in [-0.4, -0.2) is 61.6 Å². The van der Waals surface area contributed by atoms with Crippen molar-refractivity contribution in [1.82, 2.24) is 15.5 Å². The Morgan fingerprint density at radius 3 is 2.50 bits per heavy atom. The van der Waals surface area contributed by atoms with Crippen LogP contribution in [0.3, 0.4) is 0 Å². The predicted molar refractivity (Wildman–Crippen MR) is 107 cm³/mol. The Bertz CT molecular complexity index is 710. The third kappa shape index (κ3) is 4.76. The van der Waals surface area contributed by atoms with E-state index >= 15 is 0 Å². The average molecular weight is 389 g/mol. The fourth-order valence-corrected chi connectivity index (χ4v) is 4.14. The lowest BCUT2D eigenvalue weighted by molar-refractivity contribution is -0.123. The molecule has 2 unspecified atom stereocenters. The molecule has 2 bridgehead atoms. The quantitative estimate of drug-likeness (QED) is 0.745. The summed E-state index contributed by atoms with van der Waals surface area (Å²) in [5.41, 5.74) is 0.559. The van der Waals surface area contributed by atoms with Gasteiger partial charge in [0, 0.05) is 36.8 Å². The Hall–Kier alpha value is -2.28. The molecular weight excluding hydrogens is 358 g/mol. The van der Waals surface area contributed by atoms with E-state index in [0.29, 0.717) is 29.1 Å². The number of nitrogens with one attached hydrogen (secondary N) is 2. The normalized spacial score (nSPS) is 23.4. The van der Waals surface area contributed by atoms with Crippen LogP contribution in [0.1, 0.15) is 49.9 Å². The van der Waals surface area contributed by atoms with Gasteiger partial charge in [-0.2, -0.15) is 0 Å². The van der Waals surface area contributed by atoms with E-state index in [4.69, 9.17) is 9.47 Å². The van der Waals surface area contributed by atoms with Gasteiger partial charge in [-0.15, -0.1) is 0 Å². The maximum absolute atomic E-state index is 13.0. The summed E-state index contributed by atoms with van der Waals surface area (Å²) >= 11 is 0. The number of carbonyl (C=O) groups excluding carboxylic acids is 2. The van der Waals surface area contributed by atoms with Crippen molar-refractivity contribution in [3.63, 3.8) is 0 Å². The smallest absolute Gasteiger partial charge is 0.258 e. The number of piperidine rings is 1. The Morgan fingerprint density at radius 1 is 1.21 bits per heavy atom. The number of nitrogens with zero attached hydrogens (tertiary/aromatic N) is 1. The molecule has 2 amide bonds. The molecule has 2 saturated heterocycles.